The Kier molecular flexibility index (Phi) is 4.92. The standard InChI is InChI=1S/C23H24O7/c1-13-5-9-15(10-6-13)19(24)28-17-18-23(17,22(3,26)21(27-4)29-18)30-20(25)16-11-7-14(2)8-12-16/h5-12,17-18,21,26H,1-4H3. The maximum absolute atomic E-state index is 12.8. The summed E-state index contributed by atoms with van der Waals surface area (Å²) in [4.78, 5) is 25.4. The summed E-state index contributed by atoms with van der Waals surface area (Å²) in [5.41, 5.74) is -0.599. The van der Waals surface area contributed by atoms with Crippen LogP contribution in [0.4, 0.5) is 0 Å². The van der Waals surface area contributed by atoms with Crippen LogP contribution in [-0.2, 0) is 18.9 Å². The molecule has 2 fully saturated rings. The van der Waals surface area contributed by atoms with Gasteiger partial charge in [-0.15, -0.1) is 0 Å². The van der Waals surface area contributed by atoms with Gasteiger partial charge in [0.05, 0.1) is 11.1 Å². The minimum absolute atomic E-state index is 0.320. The highest BCUT2D eigenvalue weighted by Crippen LogP contribution is 2.60. The third-order valence-electron chi connectivity index (χ3n) is 5.82. The van der Waals surface area contributed by atoms with Crippen LogP contribution in [-0.4, -0.2) is 53.9 Å². The number of esters is 2. The Morgan fingerprint density at radius 1 is 0.933 bits per heavy atom. The highest BCUT2D eigenvalue weighted by Gasteiger charge is 2.87. The smallest absolute Gasteiger partial charge is 0.339 e. The Morgan fingerprint density at radius 3 is 1.93 bits per heavy atom. The molecule has 5 unspecified atom stereocenters. The third kappa shape index (κ3) is 3.10. The van der Waals surface area contributed by atoms with E-state index >= 15 is 0 Å². The molecule has 5 atom stereocenters. The van der Waals surface area contributed by atoms with E-state index in [0.29, 0.717) is 11.1 Å². The van der Waals surface area contributed by atoms with Gasteiger partial charge in [-0.1, -0.05) is 35.4 Å². The second kappa shape index (κ2) is 7.19. The number of carbonyl (C=O) groups is 2. The van der Waals surface area contributed by atoms with Gasteiger partial charge in [0, 0.05) is 7.11 Å². The molecule has 7 heteroatoms. The van der Waals surface area contributed by atoms with Gasteiger partial charge in [0.1, 0.15) is 6.10 Å². The molecule has 0 radical (unpaired) electrons. The predicted molar refractivity (Wildman–Crippen MR) is 106 cm³/mol. The summed E-state index contributed by atoms with van der Waals surface area (Å²) in [7, 11) is 1.38. The molecule has 2 aromatic carbocycles. The summed E-state index contributed by atoms with van der Waals surface area (Å²) < 4.78 is 22.2. The lowest BCUT2D eigenvalue weighted by Gasteiger charge is -2.33. The van der Waals surface area contributed by atoms with Crippen LogP contribution in [0.1, 0.15) is 38.8 Å². The van der Waals surface area contributed by atoms with Crippen LogP contribution in [0, 0.1) is 13.8 Å². The van der Waals surface area contributed by atoms with E-state index in [1.807, 2.05) is 13.8 Å². The molecule has 7 nitrogen and oxygen atoms in total. The minimum atomic E-state index is -1.72. The summed E-state index contributed by atoms with van der Waals surface area (Å²) in [6.07, 6.45) is -2.81. The van der Waals surface area contributed by atoms with Crippen LogP contribution < -0.4 is 0 Å². The van der Waals surface area contributed by atoms with Crippen molar-refractivity contribution in [2.75, 3.05) is 7.11 Å². The van der Waals surface area contributed by atoms with Gasteiger partial charge in [0.15, 0.2) is 18.0 Å². The zero-order valence-electron chi connectivity index (χ0n) is 17.2. The summed E-state index contributed by atoms with van der Waals surface area (Å²) in [5.74, 6) is -1.23. The SMILES string of the molecule is COC1OC2C(OC(=O)c3ccc(C)cc3)C2(OC(=O)c2ccc(C)cc2)C1(C)O. The number of fused-ring (bicyclic) bond motifs is 1. The molecule has 30 heavy (non-hydrogen) atoms. The molecular formula is C23H24O7. The number of hydrogen-bond acceptors (Lipinski definition) is 7. The monoisotopic (exact) mass is 412 g/mol. The van der Waals surface area contributed by atoms with Crippen molar-refractivity contribution in [3.05, 3.63) is 70.8 Å². The van der Waals surface area contributed by atoms with Gasteiger partial charge in [-0.3, -0.25) is 0 Å². The molecule has 1 aliphatic carbocycles. The van der Waals surface area contributed by atoms with Crippen molar-refractivity contribution in [2.24, 2.45) is 0 Å². The minimum Gasteiger partial charge on any atom is -0.451 e. The zero-order chi connectivity index (χ0) is 21.7. The number of hydrogen-bond donors (Lipinski definition) is 1. The molecule has 4 rings (SSSR count). The molecule has 2 aromatic rings. The second-order valence-electron chi connectivity index (χ2n) is 8.01. The largest absolute Gasteiger partial charge is 0.451 e. The third-order valence-corrected chi connectivity index (χ3v) is 5.82. The molecule has 1 heterocycles. The van der Waals surface area contributed by atoms with Gasteiger partial charge in [-0.2, -0.15) is 0 Å². The fraction of sp³-hybridized carbons (Fsp3) is 0.391. The Hall–Kier alpha value is -2.74. The molecule has 1 aliphatic heterocycles. The topological polar surface area (TPSA) is 91.3 Å². The van der Waals surface area contributed by atoms with Gasteiger partial charge in [-0.05, 0) is 45.0 Å². The van der Waals surface area contributed by atoms with E-state index in [2.05, 4.69) is 0 Å². The molecule has 0 bridgehead atoms. The van der Waals surface area contributed by atoms with Crippen molar-refractivity contribution >= 4 is 11.9 Å². The Balaban J connectivity index is 1.59. The van der Waals surface area contributed by atoms with Crippen LogP contribution in [0.5, 0.6) is 0 Å². The van der Waals surface area contributed by atoms with E-state index in [1.165, 1.54) is 14.0 Å². The van der Waals surface area contributed by atoms with Crippen LogP contribution >= 0.6 is 0 Å². The number of benzene rings is 2. The van der Waals surface area contributed by atoms with Crippen molar-refractivity contribution < 1.29 is 33.6 Å². The zero-order valence-corrected chi connectivity index (χ0v) is 17.2. The molecule has 0 spiro atoms. The highest BCUT2D eigenvalue weighted by atomic mass is 16.8. The number of ether oxygens (including phenoxy) is 4. The lowest BCUT2D eigenvalue weighted by Crippen LogP contribution is -2.54. The van der Waals surface area contributed by atoms with E-state index in [1.54, 1.807) is 48.5 Å². The van der Waals surface area contributed by atoms with Crippen molar-refractivity contribution in [2.45, 2.75) is 50.5 Å². The van der Waals surface area contributed by atoms with Crippen molar-refractivity contribution in [1.82, 2.24) is 0 Å². The fourth-order valence-corrected chi connectivity index (χ4v) is 3.93. The van der Waals surface area contributed by atoms with E-state index < -0.39 is 41.6 Å². The van der Waals surface area contributed by atoms with E-state index in [9.17, 15) is 14.7 Å². The van der Waals surface area contributed by atoms with Crippen LogP contribution in [0.25, 0.3) is 0 Å². The van der Waals surface area contributed by atoms with Crippen LogP contribution in [0.3, 0.4) is 0 Å². The van der Waals surface area contributed by atoms with E-state index in [4.69, 9.17) is 18.9 Å². The summed E-state index contributed by atoms with van der Waals surface area (Å²) in [6.45, 7) is 5.27. The first kappa shape index (κ1) is 20.5. The molecule has 1 saturated heterocycles. The summed E-state index contributed by atoms with van der Waals surface area (Å²) >= 11 is 0. The van der Waals surface area contributed by atoms with Crippen molar-refractivity contribution in [3.8, 4) is 0 Å². The lowest BCUT2D eigenvalue weighted by atomic mass is 9.96. The average Bonchev–Trinajstić information content (AvgIpc) is 3.24. The molecular weight excluding hydrogens is 388 g/mol. The first-order valence-corrected chi connectivity index (χ1v) is 9.69. The summed E-state index contributed by atoms with van der Waals surface area (Å²) in [6, 6.07) is 13.7. The highest BCUT2D eigenvalue weighted by molar-refractivity contribution is 5.91. The second-order valence-corrected chi connectivity index (χ2v) is 8.01. The Morgan fingerprint density at radius 2 is 1.43 bits per heavy atom. The first-order chi connectivity index (χ1) is 14.2. The number of rotatable bonds is 5. The lowest BCUT2D eigenvalue weighted by molar-refractivity contribution is -0.222. The van der Waals surface area contributed by atoms with E-state index in [-0.39, 0.29) is 0 Å². The molecule has 0 amide bonds. The number of methoxy groups -OCH3 is 1. The quantitative estimate of drug-likeness (QED) is 0.755. The van der Waals surface area contributed by atoms with Crippen LogP contribution in [0.15, 0.2) is 48.5 Å². The van der Waals surface area contributed by atoms with Gasteiger partial charge >= 0.3 is 11.9 Å². The van der Waals surface area contributed by atoms with Crippen LogP contribution in [0.2, 0.25) is 0 Å². The van der Waals surface area contributed by atoms with Gasteiger partial charge in [0.2, 0.25) is 5.60 Å². The number of carbonyl (C=O) groups excluding carboxylic acids is 2. The molecule has 2 aliphatic rings. The van der Waals surface area contributed by atoms with E-state index in [0.717, 1.165) is 11.1 Å². The van der Waals surface area contributed by atoms with Crippen molar-refractivity contribution in [1.29, 1.82) is 0 Å². The average molecular weight is 412 g/mol. The molecule has 1 saturated carbocycles. The number of aryl methyl sites for hydroxylation is 2. The summed E-state index contributed by atoms with van der Waals surface area (Å²) in [5, 5.41) is 11.1. The maximum atomic E-state index is 12.8. The van der Waals surface area contributed by atoms with Gasteiger partial charge < -0.3 is 24.1 Å². The first-order valence-electron chi connectivity index (χ1n) is 9.69. The molecule has 0 aromatic heterocycles. The Bertz CT molecular complexity index is 964. The number of aliphatic hydroxyl groups is 1. The van der Waals surface area contributed by atoms with Gasteiger partial charge in [-0.25, -0.2) is 9.59 Å². The predicted octanol–water partition coefficient (Wildman–Crippen LogP) is 2.56. The fourth-order valence-electron chi connectivity index (χ4n) is 3.93. The molecule has 158 valence electrons. The van der Waals surface area contributed by atoms with Crippen molar-refractivity contribution in [3.63, 3.8) is 0 Å². The Labute approximate surface area is 174 Å². The van der Waals surface area contributed by atoms with Gasteiger partial charge in [0.25, 0.3) is 0 Å². The normalized spacial score (nSPS) is 31.7. The maximum Gasteiger partial charge on any atom is 0.339 e. The molecule has 1 N–H and O–H groups in total.